The van der Waals surface area contributed by atoms with Crippen LogP contribution in [0.15, 0.2) is 18.3 Å². The Labute approximate surface area is 111 Å². The van der Waals surface area contributed by atoms with Crippen LogP contribution in [0.1, 0.15) is 49.4 Å². The predicted molar refractivity (Wildman–Crippen MR) is 70.2 cm³/mol. The zero-order valence-corrected chi connectivity index (χ0v) is 10.7. The minimum absolute atomic E-state index is 0.0535. The fraction of sp³-hybridized carbons (Fsp3) is 0.500. The number of nitrogens with zero attached hydrogens (tertiary/aromatic N) is 3. The molecule has 1 aliphatic rings. The van der Waals surface area contributed by atoms with Gasteiger partial charge in [-0.3, -0.25) is 4.79 Å². The number of aromatic nitrogens is 3. The van der Waals surface area contributed by atoms with Crippen LogP contribution in [0, 0.1) is 0 Å². The SMILES string of the molecule is O=C(O)Cc1cn2nc(C3CCCCC3)ccc2n1. The fourth-order valence-corrected chi connectivity index (χ4v) is 2.80. The molecule has 0 atom stereocenters. The molecule has 2 aromatic rings. The molecule has 1 N–H and O–H groups in total. The summed E-state index contributed by atoms with van der Waals surface area (Å²) < 4.78 is 1.71. The highest BCUT2D eigenvalue weighted by Gasteiger charge is 2.17. The first kappa shape index (κ1) is 12.1. The number of carboxylic acid groups (broad SMARTS) is 1. The molecule has 3 rings (SSSR count). The number of carboxylic acids is 1. The van der Waals surface area contributed by atoms with Crippen molar-refractivity contribution >= 4 is 11.6 Å². The quantitative estimate of drug-likeness (QED) is 0.919. The second-order valence-electron chi connectivity index (χ2n) is 5.20. The first-order valence-corrected chi connectivity index (χ1v) is 6.79. The number of hydrogen-bond acceptors (Lipinski definition) is 3. The number of hydrogen-bond donors (Lipinski definition) is 1. The lowest BCUT2D eigenvalue weighted by Gasteiger charge is -2.20. The Morgan fingerprint density at radius 2 is 2.11 bits per heavy atom. The van der Waals surface area contributed by atoms with E-state index in [9.17, 15) is 4.79 Å². The van der Waals surface area contributed by atoms with E-state index in [1.165, 1.54) is 32.1 Å². The zero-order chi connectivity index (χ0) is 13.2. The Morgan fingerprint density at radius 3 is 2.84 bits per heavy atom. The summed E-state index contributed by atoms with van der Waals surface area (Å²) in [5, 5.41) is 13.4. The normalized spacial score (nSPS) is 16.8. The van der Waals surface area contributed by atoms with Gasteiger partial charge in [0.2, 0.25) is 0 Å². The molecule has 2 aromatic heterocycles. The van der Waals surface area contributed by atoms with Crippen LogP contribution in [0.2, 0.25) is 0 Å². The minimum atomic E-state index is -0.865. The van der Waals surface area contributed by atoms with Crippen LogP contribution in [0.4, 0.5) is 0 Å². The molecule has 0 spiro atoms. The molecule has 0 bridgehead atoms. The molecule has 19 heavy (non-hydrogen) atoms. The van der Waals surface area contributed by atoms with Crippen LogP contribution < -0.4 is 0 Å². The molecule has 0 aliphatic heterocycles. The van der Waals surface area contributed by atoms with Crippen molar-refractivity contribution in [2.75, 3.05) is 0 Å². The third kappa shape index (κ3) is 2.59. The molecule has 1 aliphatic carbocycles. The molecule has 5 nitrogen and oxygen atoms in total. The lowest BCUT2D eigenvalue weighted by atomic mass is 9.87. The largest absolute Gasteiger partial charge is 0.481 e. The maximum atomic E-state index is 10.7. The second-order valence-corrected chi connectivity index (χ2v) is 5.20. The van der Waals surface area contributed by atoms with E-state index in [0.29, 0.717) is 11.6 Å². The summed E-state index contributed by atoms with van der Waals surface area (Å²) in [6, 6.07) is 3.96. The molecule has 1 fully saturated rings. The van der Waals surface area contributed by atoms with Crippen molar-refractivity contribution in [2.24, 2.45) is 0 Å². The van der Waals surface area contributed by atoms with Gasteiger partial charge in [-0.25, -0.2) is 9.50 Å². The molecule has 5 heteroatoms. The first-order valence-electron chi connectivity index (χ1n) is 6.79. The highest BCUT2D eigenvalue weighted by Crippen LogP contribution is 2.31. The van der Waals surface area contributed by atoms with Crippen molar-refractivity contribution in [1.82, 2.24) is 14.6 Å². The third-order valence-corrected chi connectivity index (χ3v) is 3.75. The number of carbonyl (C=O) groups is 1. The molecule has 0 aromatic carbocycles. The Morgan fingerprint density at radius 1 is 1.32 bits per heavy atom. The Kier molecular flexibility index (Phi) is 3.19. The van der Waals surface area contributed by atoms with E-state index in [2.05, 4.69) is 10.1 Å². The summed E-state index contributed by atoms with van der Waals surface area (Å²) in [4.78, 5) is 14.9. The summed E-state index contributed by atoms with van der Waals surface area (Å²) in [6.07, 6.45) is 7.95. The third-order valence-electron chi connectivity index (χ3n) is 3.75. The van der Waals surface area contributed by atoms with E-state index in [1.54, 1.807) is 10.7 Å². The topological polar surface area (TPSA) is 67.5 Å². The molecule has 0 saturated heterocycles. The van der Waals surface area contributed by atoms with Gasteiger partial charge in [0.05, 0.1) is 24.0 Å². The van der Waals surface area contributed by atoms with Crippen molar-refractivity contribution in [2.45, 2.75) is 44.4 Å². The van der Waals surface area contributed by atoms with Crippen molar-refractivity contribution < 1.29 is 9.90 Å². The molecule has 100 valence electrons. The van der Waals surface area contributed by atoms with Crippen LogP contribution >= 0.6 is 0 Å². The monoisotopic (exact) mass is 259 g/mol. The van der Waals surface area contributed by atoms with E-state index < -0.39 is 5.97 Å². The van der Waals surface area contributed by atoms with E-state index >= 15 is 0 Å². The number of fused-ring (bicyclic) bond motifs is 1. The van der Waals surface area contributed by atoms with Gasteiger partial charge in [-0.15, -0.1) is 0 Å². The average Bonchev–Trinajstić information content (AvgIpc) is 2.79. The maximum Gasteiger partial charge on any atom is 0.309 e. The number of imidazole rings is 1. The fourth-order valence-electron chi connectivity index (χ4n) is 2.80. The molecule has 1 saturated carbocycles. The van der Waals surface area contributed by atoms with Crippen molar-refractivity contribution in [3.8, 4) is 0 Å². The second kappa shape index (κ2) is 4.99. The van der Waals surface area contributed by atoms with Gasteiger partial charge >= 0.3 is 5.97 Å². The van der Waals surface area contributed by atoms with Gasteiger partial charge in [-0.2, -0.15) is 5.10 Å². The predicted octanol–water partition coefficient (Wildman–Crippen LogP) is 2.40. The molecule has 0 unspecified atom stereocenters. The van der Waals surface area contributed by atoms with Gasteiger partial charge in [0, 0.05) is 5.92 Å². The van der Waals surface area contributed by atoms with Gasteiger partial charge in [0.1, 0.15) is 0 Å². The highest BCUT2D eigenvalue weighted by molar-refractivity contribution is 5.69. The summed E-state index contributed by atoms with van der Waals surface area (Å²) in [5.41, 5.74) is 2.38. The van der Waals surface area contributed by atoms with Crippen LogP contribution in [-0.2, 0) is 11.2 Å². The Hall–Kier alpha value is -1.91. The van der Waals surface area contributed by atoms with Crippen LogP contribution in [0.3, 0.4) is 0 Å². The van der Waals surface area contributed by atoms with Crippen LogP contribution in [0.25, 0.3) is 5.65 Å². The first-order chi connectivity index (χ1) is 9.22. The highest BCUT2D eigenvalue weighted by atomic mass is 16.4. The summed E-state index contributed by atoms with van der Waals surface area (Å²) >= 11 is 0. The van der Waals surface area contributed by atoms with Gasteiger partial charge in [0.15, 0.2) is 5.65 Å². The number of rotatable bonds is 3. The van der Waals surface area contributed by atoms with Gasteiger partial charge in [-0.05, 0) is 25.0 Å². The summed E-state index contributed by atoms with van der Waals surface area (Å²) in [7, 11) is 0. The maximum absolute atomic E-state index is 10.7. The van der Waals surface area contributed by atoms with Crippen LogP contribution in [-0.4, -0.2) is 25.7 Å². The lowest BCUT2D eigenvalue weighted by molar-refractivity contribution is -0.136. The molecular formula is C14H17N3O2. The Bertz CT molecular complexity index is 600. The van der Waals surface area contributed by atoms with E-state index in [0.717, 1.165) is 11.3 Å². The number of aliphatic carboxylic acids is 1. The standard InChI is InChI=1S/C14H17N3O2/c18-14(19)8-11-9-17-13(15-11)7-6-12(16-17)10-4-2-1-3-5-10/h6-7,9-10H,1-5,8H2,(H,18,19). The van der Waals surface area contributed by atoms with E-state index in [4.69, 9.17) is 5.11 Å². The molecule has 2 heterocycles. The molecular weight excluding hydrogens is 242 g/mol. The van der Waals surface area contributed by atoms with Crippen molar-refractivity contribution in [3.63, 3.8) is 0 Å². The average molecular weight is 259 g/mol. The summed E-state index contributed by atoms with van der Waals surface area (Å²) in [5.74, 6) is -0.320. The lowest BCUT2D eigenvalue weighted by Crippen LogP contribution is -2.08. The summed E-state index contributed by atoms with van der Waals surface area (Å²) in [6.45, 7) is 0. The zero-order valence-electron chi connectivity index (χ0n) is 10.7. The smallest absolute Gasteiger partial charge is 0.309 e. The Balaban J connectivity index is 1.89. The van der Waals surface area contributed by atoms with Gasteiger partial charge in [-0.1, -0.05) is 19.3 Å². The van der Waals surface area contributed by atoms with E-state index in [-0.39, 0.29) is 6.42 Å². The molecule has 0 amide bonds. The molecule has 0 radical (unpaired) electrons. The van der Waals surface area contributed by atoms with Gasteiger partial charge < -0.3 is 5.11 Å². The van der Waals surface area contributed by atoms with Gasteiger partial charge in [0.25, 0.3) is 0 Å². The van der Waals surface area contributed by atoms with Crippen molar-refractivity contribution in [3.05, 3.63) is 29.7 Å². The minimum Gasteiger partial charge on any atom is -0.481 e. The van der Waals surface area contributed by atoms with Crippen LogP contribution in [0.5, 0.6) is 0 Å². The van der Waals surface area contributed by atoms with Crippen molar-refractivity contribution in [1.29, 1.82) is 0 Å². The van der Waals surface area contributed by atoms with E-state index in [1.807, 2.05) is 12.1 Å².